The number of nitrogens with two attached hydrogens (primary N) is 1. The fourth-order valence-electron chi connectivity index (χ4n) is 9.74. The van der Waals surface area contributed by atoms with Crippen LogP contribution in [0.15, 0.2) is 0 Å². The molecule has 3 N–H and O–H groups in total. The summed E-state index contributed by atoms with van der Waals surface area (Å²) in [6.07, 6.45) is 11.5. The average Bonchev–Trinajstić information content (AvgIpc) is 3.09. The van der Waals surface area contributed by atoms with E-state index in [4.69, 9.17) is 10.5 Å². The molecule has 0 aliphatic heterocycles. The molecule has 1 unspecified atom stereocenters. The molecule has 0 saturated heterocycles. The van der Waals surface area contributed by atoms with E-state index in [1.807, 2.05) is 0 Å². The summed E-state index contributed by atoms with van der Waals surface area (Å²) in [5, 5.41) is 11.1. The number of aliphatic hydroxyl groups excluding tert-OH is 1. The maximum atomic E-state index is 11.6. The second-order valence-corrected chi connectivity index (χ2v) is 13.4. The highest BCUT2D eigenvalue weighted by molar-refractivity contribution is 5.66. The molecule has 11 atom stereocenters. The first-order chi connectivity index (χ1) is 15.5. The fourth-order valence-corrected chi connectivity index (χ4v) is 9.74. The predicted molar refractivity (Wildman–Crippen MR) is 133 cm³/mol. The molecule has 0 spiro atoms. The summed E-state index contributed by atoms with van der Waals surface area (Å²) in [7, 11) is 0. The van der Waals surface area contributed by atoms with E-state index < -0.39 is 12.2 Å². The zero-order valence-corrected chi connectivity index (χ0v) is 22.2. The van der Waals surface area contributed by atoms with Crippen LogP contribution < -0.4 is 5.73 Å². The van der Waals surface area contributed by atoms with Crippen molar-refractivity contribution in [2.45, 2.75) is 124 Å². The number of carbonyl (C=O) groups excluding carboxylic acids is 1. The van der Waals surface area contributed by atoms with Gasteiger partial charge in [0.2, 0.25) is 0 Å². The number of aliphatic hydroxyl groups is 1. The molecule has 0 aromatic rings. The Bertz CT molecular complexity index is 705. The van der Waals surface area contributed by atoms with E-state index in [2.05, 4.69) is 34.6 Å². The molecule has 190 valence electrons. The molecule has 0 bridgehead atoms. The first-order valence-corrected chi connectivity index (χ1v) is 14.1. The Kier molecular flexibility index (Phi) is 7.30. The van der Waals surface area contributed by atoms with E-state index in [0.717, 1.165) is 42.4 Å². The molecule has 4 saturated carbocycles. The van der Waals surface area contributed by atoms with Gasteiger partial charge in [-0.2, -0.15) is 0 Å². The van der Waals surface area contributed by atoms with Crippen LogP contribution in [0.4, 0.5) is 0 Å². The van der Waals surface area contributed by atoms with E-state index in [1.54, 1.807) is 0 Å². The maximum Gasteiger partial charge on any atom is 0.302 e. The van der Waals surface area contributed by atoms with Crippen LogP contribution in [-0.2, 0) is 9.53 Å². The molecular formula is C29H51NO3. The van der Waals surface area contributed by atoms with Crippen LogP contribution in [-0.4, -0.2) is 29.3 Å². The van der Waals surface area contributed by atoms with Gasteiger partial charge in [-0.15, -0.1) is 0 Å². The second kappa shape index (κ2) is 9.45. The summed E-state index contributed by atoms with van der Waals surface area (Å²) in [4.78, 5) is 11.6. The summed E-state index contributed by atoms with van der Waals surface area (Å²) < 4.78 is 5.51. The van der Waals surface area contributed by atoms with E-state index >= 15 is 0 Å². The van der Waals surface area contributed by atoms with Crippen LogP contribution >= 0.6 is 0 Å². The van der Waals surface area contributed by atoms with Crippen molar-refractivity contribution in [3.8, 4) is 0 Å². The first-order valence-electron chi connectivity index (χ1n) is 14.1. The number of hydrogen-bond acceptors (Lipinski definition) is 4. The van der Waals surface area contributed by atoms with Gasteiger partial charge in [0.05, 0.1) is 0 Å². The lowest BCUT2D eigenvalue weighted by Gasteiger charge is -2.63. The smallest absolute Gasteiger partial charge is 0.302 e. The predicted octanol–water partition coefficient (Wildman–Crippen LogP) is 5.95. The average molecular weight is 462 g/mol. The topological polar surface area (TPSA) is 72.5 Å². The molecule has 4 rings (SSSR count). The van der Waals surface area contributed by atoms with Gasteiger partial charge in [0.1, 0.15) is 12.2 Å². The van der Waals surface area contributed by atoms with Gasteiger partial charge in [0, 0.05) is 13.0 Å². The van der Waals surface area contributed by atoms with Gasteiger partial charge in [-0.25, -0.2) is 0 Å². The zero-order chi connectivity index (χ0) is 24.1. The Morgan fingerprint density at radius 2 is 1.79 bits per heavy atom. The minimum atomic E-state index is -0.750. The first kappa shape index (κ1) is 25.5. The number of esters is 1. The summed E-state index contributed by atoms with van der Waals surface area (Å²) in [6.45, 7) is 13.7. The van der Waals surface area contributed by atoms with Gasteiger partial charge >= 0.3 is 5.97 Å². The molecule has 0 aromatic carbocycles. The van der Waals surface area contributed by atoms with E-state index in [-0.39, 0.29) is 17.4 Å². The number of fused-ring (bicyclic) bond motifs is 5. The second-order valence-electron chi connectivity index (χ2n) is 13.4. The molecule has 4 aliphatic carbocycles. The third-order valence-electron chi connectivity index (χ3n) is 11.5. The molecule has 0 heterocycles. The zero-order valence-electron chi connectivity index (χ0n) is 22.2. The van der Waals surface area contributed by atoms with Crippen LogP contribution in [0.25, 0.3) is 0 Å². The standard InChI is InChI=1S/C29H51NO3/c1-17(2)8-7-9-18(3)22-12-13-23-21-11-10-20-16-25(33-19(4)31)26(32)27(30)29(20,6)24(21)14-15-28(22,23)5/h17-18,20-27,32H,7-16,30H2,1-6H3/t18-,20?,21+,22-,23+,24+,25-,26-,27+,28-,29+/m1/s1. The SMILES string of the molecule is CC(=O)O[C@@H]1CC2CC[C@H]3[C@@H]4CC[C@H]([C@H](C)CCCC(C)C)[C@@]4(C)CC[C@@H]3[C@@]2(C)[C@@H](N)[C@@H]1O. The van der Waals surface area contributed by atoms with Crippen molar-refractivity contribution in [3.05, 3.63) is 0 Å². The molecule has 4 nitrogen and oxygen atoms in total. The highest BCUT2D eigenvalue weighted by Crippen LogP contribution is 2.68. The highest BCUT2D eigenvalue weighted by Gasteiger charge is 2.64. The quantitative estimate of drug-likeness (QED) is 0.480. The summed E-state index contributed by atoms with van der Waals surface area (Å²) in [6, 6.07) is -0.315. The number of hydrogen-bond donors (Lipinski definition) is 2. The maximum absolute atomic E-state index is 11.6. The summed E-state index contributed by atoms with van der Waals surface area (Å²) >= 11 is 0. The van der Waals surface area contributed by atoms with Gasteiger partial charge in [-0.1, -0.05) is 53.9 Å². The third kappa shape index (κ3) is 4.30. The van der Waals surface area contributed by atoms with Crippen LogP contribution in [0.5, 0.6) is 0 Å². The number of rotatable bonds is 6. The van der Waals surface area contributed by atoms with Crippen LogP contribution in [0.2, 0.25) is 0 Å². The molecular weight excluding hydrogens is 410 g/mol. The normalized spacial score (nSPS) is 48.0. The molecule has 4 heteroatoms. The van der Waals surface area contributed by atoms with E-state index in [9.17, 15) is 9.90 Å². The number of ether oxygens (including phenoxy) is 1. The highest BCUT2D eigenvalue weighted by atomic mass is 16.6. The van der Waals surface area contributed by atoms with E-state index in [1.165, 1.54) is 58.3 Å². The summed E-state index contributed by atoms with van der Waals surface area (Å²) in [5.74, 6) is 4.77. The molecule has 0 aromatic heterocycles. The molecule has 33 heavy (non-hydrogen) atoms. The van der Waals surface area contributed by atoms with Crippen LogP contribution in [0, 0.1) is 52.3 Å². The van der Waals surface area contributed by atoms with Crippen molar-refractivity contribution in [3.63, 3.8) is 0 Å². The van der Waals surface area contributed by atoms with Crippen LogP contribution in [0.3, 0.4) is 0 Å². The minimum Gasteiger partial charge on any atom is -0.460 e. The molecule has 4 fully saturated rings. The lowest BCUT2D eigenvalue weighted by atomic mass is 9.43. The fraction of sp³-hybridized carbons (Fsp3) is 0.966. The van der Waals surface area contributed by atoms with Crippen molar-refractivity contribution >= 4 is 5.97 Å². The van der Waals surface area contributed by atoms with Gasteiger partial charge in [-0.05, 0) is 97.2 Å². The van der Waals surface area contributed by atoms with Crippen molar-refractivity contribution in [1.82, 2.24) is 0 Å². The molecule has 0 radical (unpaired) electrons. The summed E-state index contributed by atoms with van der Waals surface area (Å²) in [5.41, 5.74) is 7.24. The number of carbonyl (C=O) groups is 1. The Labute approximate surface area is 202 Å². The van der Waals surface area contributed by atoms with Crippen molar-refractivity contribution in [2.75, 3.05) is 0 Å². The Hall–Kier alpha value is -0.610. The largest absolute Gasteiger partial charge is 0.460 e. The lowest BCUT2D eigenvalue weighted by molar-refractivity contribution is -0.189. The molecule has 4 aliphatic rings. The van der Waals surface area contributed by atoms with Crippen molar-refractivity contribution < 1.29 is 14.6 Å². The Morgan fingerprint density at radius 1 is 1.06 bits per heavy atom. The third-order valence-corrected chi connectivity index (χ3v) is 11.5. The van der Waals surface area contributed by atoms with Crippen LogP contribution in [0.1, 0.15) is 106 Å². The minimum absolute atomic E-state index is 0.0543. The van der Waals surface area contributed by atoms with E-state index in [0.29, 0.717) is 17.3 Å². The lowest BCUT2D eigenvalue weighted by Crippen LogP contribution is -2.67. The van der Waals surface area contributed by atoms with Gasteiger partial charge in [0.25, 0.3) is 0 Å². The van der Waals surface area contributed by atoms with Gasteiger partial charge in [-0.3, -0.25) is 4.79 Å². The van der Waals surface area contributed by atoms with Crippen molar-refractivity contribution in [1.29, 1.82) is 0 Å². The Morgan fingerprint density at radius 3 is 2.45 bits per heavy atom. The van der Waals surface area contributed by atoms with Gasteiger partial charge in [0.15, 0.2) is 0 Å². The Balaban J connectivity index is 1.50. The van der Waals surface area contributed by atoms with Crippen molar-refractivity contribution in [2.24, 2.45) is 58.0 Å². The monoisotopic (exact) mass is 461 g/mol. The molecule has 0 amide bonds. The van der Waals surface area contributed by atoms with Gasteiger partial charge < -0.3 is 15.6 Å².